The molecule has 4 heteroatoms. The molecule has 0 amide bonds. The highest BCUT2D eigenvalue weighted by Gasteiger charge is 2.36. The number of likely N-dealkylation sites (N-methyl/N-ethyl adjacent to an activating group) is 1. The van der Waals surface area contributed by atoms with Crippen LogP contribution in [0.4, 0.5) is 0 Å². The van der Waals surface area contributed by atoms with Gasteiger partial charge in [-0.25, -0.2) is 0 Å². The summed E-state index contributed by atoms with van der Waals surface area (Å²) in [4.78, 5) is 3.85. The molecule has 19 heavy (non-hydrogen) atoms. The highest BCUT2D eigenvalue weighted by Crippen LogP contribution is 2.35. The Kier molecular flexibility index (Phi) is 5.46. The van der Waals surface area contributed by atoms with Gasteiger partial charge in [0.15, 0.2) is 0 Å². The average molecular weight is 345 g/mol. The minimum Gasteiger partial charge on any atom is -0.310 e. The highest BCUT2D eigenvalue weighted by atomic mass is 79.9. The van der Waals surface area contributed by atoms with E-state index >= 15 is 0 Å². The molecule has 1 N–H and O–H groups in total. The third-order valence-electron chi connectivity index (χ3n) is 4.40. The van der Waals surface area contributed by atoms with Gasteiger partial charge in [-0.3, -0.25) is 0 Å². The third-order valence-corrected chi connectivity index (χ3v) is 6.02. The summed E-state index contributed by atoms with van der Waals surface area (Å²) in [5.41, 5.74) is 0.353. The maximum absolute atomic E-state index is 3.68. The first-order chi connectivity index (χ1) is 9.02. The fraction of sp³-hybridized carbons (Fsp3) is 0.733. The van der Waals surface area contributed by atoms with E-state index in [1.54, 1.807) is 0 Å². The lowest BCUT2D eigenvalue weighted by atomic mass is 9.75. The summed E-state index contributed by atoms with van der Waals surface area (Å²) in [6.07, 6.45) is 5.41. The lowest BCUT2D eigenvalue weighted by molar-refractivity contribution is 0.0750. The first-order valence-electron chi connectivity index (χ1n) is 7.14. The average Bonchev–Trinajstić information content (AvgIpc) is 2.75. The van der Waals surface area contributed by atoms with Crippen LogP contribution in [0.25, 0.3) is 0 Å². The van der Waals surface area contributed by atoms with Crippen LogP contribution in [0.3, 0.4) is 0 Å². The van der Waals surface area contributed by atoms with Crippen LogP contribution in [0.5, 0.6) is 0 Å². The van der Waals surface area contributed by atoms with Gasteiger partial charge in [-0.05, 0) is 60.9 Å². The van der Waals surface area contributed by atoms with Crippen molar-refractivity contribution >= 4 is 27.3 Å². The van der Waals surface area contributed by atoms with Crippen molar-refractivity contribution in [2.24, 2.45) is 5.92 Å². The van der Waals surface area contributed by atoms with Gasteiger partial charge in [-0.1, -0.05) is 19.8 Å². The molecule has 2 rings (SSSR count). The van der Waals surface area contributed by atoms with Crippen molar-refractivity contribution in [1.82, 2.24) is 10.2 Å². The van der Waals surface area contributed by atoms with E-state index in [9.17, 15) is 0 Å². The zero-order valence-corrected chi connectivity index (χ0v) is 14.6. The molecule has 0 radical (unpaired) electrons. The standard InChI is InChI=1S/C15H25BrN2S/c1-12-5-4-8-15(9-12,18(2)3)11-17-10-13-6-7-14(16)19-13/h6-7,12,17H,4-5,8-11H2,1-3H3. The molecular formula is C15H25BrN2S. The lowest BCUT2D eigenvalue weighted by Crippen LogP contribution is -2.54. The smallest absolute Gasteiger partial charge is 0.0701 e. The van der Waals surface area contributed by atoms with E-state index in [2.05, 4.69) is 59.3 Å². The van der Waals surface area contributed by atoms with Gasteiger partial charge < -0.3 is 10.2 Å². The van der Waals surface area contributed by atoms with Crippen LogP contribution >= 0.6 is 27.3 Å². The van der Waals surface area contributed by atoms with Gasteiger partial charge in [0.2, 0.25) is 0 Å². The molecule has 0 aromatic carbocycles. The second kappa shape index (κ2) is 6.70. The van der Waals surface area contributed by atoms with Gasteiger partial charge in [0, 0.05) is 23.5 Å². The Bertz CT molecular complexity index is 405. The van der Waals surface area contributed by atoms with Crippen molar-refractivity contribution in [3.63, 3.8) is 0 Å². The van der Waals surface area contributed by atoms with Crippen molar-refractivity contribution in [2.45, 2.75) is 44.7 Å². The number of halogens is 1. The first-order valence-corrected chi connectivity index (χ1v) is 8.75. The van der Waals surface area contributed by atoms with Crippen LogP contribution in [-0.2, 0) is 6.54 Å². The Hall–Kier alpha value is 0.1000. The Morgan fingerprint density at radius 2 is 2.26 bits per heavy atom. The van der Waals surface area contributed by atoms with Crippen LogP contribution in [0.15, 0.2) is 15.9 Å². The molecule has 2 atom stereocenters. The minimum absolute atomic E-state index is 0.353. The van der Waals surface area contributed by atoms with E-state index in [0.717, 1.165) is 19.0 Å². The maximum Gasteiger partial charge on any atom is 0.0701 e. The minimum atomic E-state index is 0.353. The molecule has 0 bridgehead atoms. The Labute approximate surface area is 129 Å². The Morgan fingerprint density at radius 1 is 1.47 bits per heavy atom. The van der Waals surface area contributed by atoms with Crippen LogP contribution in [0, 0.1) is 5.92 Å². The van der Waals surface area contributed by atoms with Gasteiger partial charge in [-0.2, -0.15) is 0 Å². The second-order valence-electron chi connectivity index (χ2n) is 6.13. The molecule has 2 unspecified atom stereocenters. The summed E-state index contributed by atoms with van der Waals surface area (Å²) >= 11 is 5.35. The van der Waals surface area contributed by atoms with Gasteiger partial charge in [0.05, 0.1) is 3.79 Å². The van der Waals surface area contributed by atoms with Gasteiger partial charge >= 0.3 is 0 Å². The molecule has 1 heterocycles. The predicted octanol–water partition coefficient (Wildman–Crippen LogP) is 4.11. The molecule has 0 aliphatic heterocycles. The fourth-order valence-corrected chi connectivity index (χ4v) is 4.68. The molecule has 1 aromatic heterocycles. The molecule has 2 nitrogen and oxygen atoms in total. The van der Waals surface area contributed by atoms with E-state index in [0.29, 0.717) is 5.54 Å². The van der Waals surface area contributed by atoms with Crippen LogP contribution in [-0.4, -0.2) is 31.1 Å². The summed E-state index contributed by atoms with van der Waals surface area (Å²) in [6.45, 7) is 4.48. The number of thiophene rings is 1. The monoisotopic (exact) mass is 344 g/mol. The zero-order valence-electron chi connectivity index (χ0n) is 12.2. The third kappa shape index (κ3) is 4.03. The van der Waals surface area contributed by atoms with E-state index in [4.69, 9.17) is 0 Å². The van der Waals surface area contributed by atoms with E-state index in [-0.39, 0.29) is 0 Å². The molecule has 1 saturated carbocycles. The number of hydrogen-bond acceptors (Lipinski definition) is 3. The van der Waals surface area contributed by atoms with Crippen molar-refractivity contribution in [3.05, 3.63) is 20.8 Å². The highest BCUT2D eigenvalue weighted by molar-refractivity contribution is 9.11. The summed E-state index contributed by atoms with van der Waals surface area (Å²) in [6, 6.07) is 4.33. The quantitative estimate of drug-likeness (QED) is 0.864. The van der Waals surface area contributed by atoms with Crippen molar-refractivity contribution in [2.75, 3.05) is 20.6 Å². The molecule has 1 aliphatic rings. The van der Waals surface area contributed by atoms with Crippen LogP contribution in [0.1, 0.15) is 37.5 Å². The van der Waals surface area contributed by atoms with E-state index in [1.165, 1.54) is 34.3 Å². The predicted molar refractivity (Wildman–Crippen MR) is 87.8 cm³/mol. The number of hydrogen-bond donors (Lipinski definition) is 1. The Morgan fingerprint density at radius 3 is 2.84 bits per heavy atom. The summed E-state index contributed by atoms with van der Waals surface area (Å²) in [5, 5.41) is 3.68. The molecule has 1 aromatic rings. The molecule has 0 saturated heterocycles. The molecule has 1 fully saturated rings. The van der Waals surface area contributed by atoms with Crippen molar-refractivity contribution < 1.29 is 0 Å². The van der Waals surface area contributed by atoms with E-state index < -0.39 is 0 Å². The zero-order chi connectivity index (χ0) is 13.9. The second-order valence-corrected chi connectivity index (χ2v) is 8.68. The first kappa shape index (κ1) is 15.5. The van der Waals surface area contributed by atoms with E-state index in [1.807, 2.05) is 11.3 Å². The van der Waals surface area contributed by atoms with Gasteiger partial charge in [0.25, 0.3) is 0 Å². The number of nitrogens with one attached hydrogen (secondary N) is 1. The number of rotatable bonds is 5. The number of nitrogens with zero attached hydrogens (tertiary/aromatic N) is 1. The SMILES string of the molecule is CC1CCCC(CNCc2ccc(Br)s2)(N(C)C)C1. The van der Waals surface area contributed by atoms with Gasteiger partial charge in [0.1, 0.15) is 0 Å². The topological polar surface area (TPSA) is 15.3 Å². The summed E-state index contributed by atoms with van der Waals surface area (Å²) in [5.74, 6) is 0.855. The molecule has 1 aliphatic carbocycles. The lowest BCUT2D eigenvalue weighted by Gasteiger charge is -2.45. The van der Waals surface area contributed by atoms with Crippen molar-refractivity contribution in [3.8, 4) is 0 Å². The molecule has 108 valence electrons. The largest absolute Gasteiger partial charge is 0.310 e. The fourth-order valence-electron chi connectivity index (χ4n) is 3.22. The van der Waals surface area contributed by atoms with Gasteiger partial charge in [-0.15, -0.1) is 11.3 Å². The summed E-state index contributed by atoms with van der Waals surface area (Å²) < 4.78 is 1.22. The Balaban J connectivity index is 1.90. The van der Waals surface area contributed by atoms with Crippen molar-refractivity contribution in [1.29, 1.82) is 0 Å². The molecule has 0 spiro atoms. The normalized spacial score (nSPS) is 27.9. The molecular weight excluding hydrogens is 320 g/mol. The van der Waals surface area contributed by atoms with Crippen LogP contribution in [0.2, 0.25) is 0 Å². The maximum atomic E-state index is 3.68. The summed E-state index contributed by atoms with van der Waals surface area (Å²) in [7, 11) is 4.48. The van der Waals surface area contributed by atoms with Crippen LogP contribution < -0.4 is 5.32 Å².